The van der Waals surface area contributed by atoms with Crippen LogP contribution in [0.1, 0.15) is 22.8 Å². The molecule has 6 nitrogen and oxygen atoms in total. The van der Waals surface area contributed by atoms with Gasteiger partial charge in [0.1, 0.15) is 6.04 Å². The van der Waals surface area contributed by atoms with E-state index in [-0.39, 0.29) is 12.3 Å². The van der Waals surface area contributed by atoms with E-state index >= 15 is 0 Å². The Hall–Kier alpha value is -4.19. The van der Waals surface area contributed by atoms with Gasteiger partial charge in [0.15, 0.2) is 0 Å². The first-order valence-electron chi connectivity index (χ1n) is 10.2. The van der Waals surface area contributed by atoms with E-state index < -0.39 is 17.9 Å². The zero-order valence-corrected chi connectivity index (χ0v) is 17.5. The number of benzene rings is 4. The number of carbonyl (C=O) groups is 3. The summed E-state index contributed by atoms with van der Waals surface area (Å²) in [5, 5.41) is 19.1. The maximum atomic E-state index is 12.7. The van der Waals surface area contributed by atoms with E-state index in [1.807, 2.05) is 48.5 Å². The molecule has 3 N–H and O–H groups in total. The Balaban J connectivity index is 1.64. The fourth-order valence-corrected chi connectivity index (χ4v) is 3.88. The predicted octanol–water partition coefficient (Wildman–Crippen LogP) is 4.38. The molecule has 0 aliphatic carbocycles. The van der Waals surface area contributed by atoms with Gasteiger partial charge in [-0.25, -0.2) is 4.79 Å². The summed E-state index contributed by atoms with van der Waals surface area (Å²) in [4.78, 5) is 36.0. The highest BCUT2D eigenvalue weighted by atomic mass is 16.4. The second-order valence-electron chi connectivity index (χ2n) is 7.62. The molecule has 0 heterocycles. The molecule has 0 aliphatic heterocycles. The summed E-state index contributed by atoms with van der Waals surface area (Å²) in [6.07, 6.45) is 0.146. The van der Waals surface area contributed by atoms with Crippen LogP contribution in [-0.2, 0) is 16.0 Å². The van der Waals surface area contributed by atoms with Crippen molar-refractivity contribution >= 4 is 45.0 Å². The standard InChI is InChI=1S/C26H22N2O4/c1-16(29)27-20-12-10-17(11-13-20)25(30)28-24(26(31)32)15-23-21-8-4-2-6-18(21)14-19-7-3-5-9-22(19)23/h2-14,24H,15H2,1H3,(H,27,29)(H,28,30)(H,31,32)/t24-/m0/s1. The SMILES string of the molecule is CC(=O)Nc1ccc(C(=O)N[C@@H](Cc2c3ccccc3cc3ccccc23)C(=O)O)cc1. The lowest BCUT2D eigenvalue weighted by molar-refractivity contribution is -0.139. The Bertz CT molecular complexity index is 1280. The number of hydrogen-bond acceptors (Lipinski definition) is 3. The Morgan fingerprint density at radius 2 is 1.41 bits per heavy atom. The summed E-state index contributed by atoms with van der Waals surface area (Å²) in [6, 6.07) is 22.9. The van der Waals surface area contributed by atoms with Crippen molar-refractivity contribution in [3.05, 3.63) is 90.0 Å². The lowest BCUT2D eigenvalue weighted by Gasteiger charge is -2.18. The zero-order chi connectivity index (χ0) is 22.7. The number of aliphatic carboxylic acids is 1. The largest absolute Gasteiger partial charge is 0.480 e. The summed E-state index contributed by atoms with van der Waals surface area (Å²) >= 11 is 0. The van der Waals surface area contributed by atoms with Crippen LogP contribution in [0, 0.1) is 0 Å². The number of nitrogens with one attached hydrogen (secondary N) is 2. The number of fused-ring (bicyclic) bond motifs is 2. The van der Waals surface area contributed by atoms with Crippen molar-refractivity contribution in [1.29, 1.82) is 0 Å². The van der Waals surface area contributed by atoms with Crippen molar-refractivity contribution in [1.82, 2.24) is 5.32 Å². The van der Waals surface area contributed by atoms with Crippen LogP contribution in [0.25, 0.3) is 21.5 Å². The van der Waals surface area contributed by atoms with Crippen LogP contribution >= 0.6 is 0 Å². The van der Waals surface area contributed by atoms with E-state index in [1.54, 1.807) is 24.3 Å². The number of carboxylic acids is 1. The molecular formula is C26H22N2O4. The summed E-state index contributed by atoms with van der Waals surface area (Å²) in [6.45, 7) is 1.40. The molecule has 0 fully saturated rings. The van der Waals surface area contributed by atoms with Crippen molar-refractivity contribution in [2.45, 2.75) is 19.4 Å². The lowest BCUT2D eigenvalue weighted by atomic mass is 9.92. The zero-order valence-electron chi connectivity index (χ0n) is 17.5. The van der Waals surface area contributed by atoms with E-state index in [4.69, 9.17) is 0 Å². The third kappa shape index (κ3) is 4.44. The second-order valence-corrected chi connectivity index (χ2v) is 7.62. The summed E-state index contributed by atoms with van der Waals surface area (Å²) in [5.41, 5.74) is 1.76. The molecule has 32 heavy (non-hydrogen) atoms. The van der Waals surface area contributed by atoms with Gasteiger partial charge in [0.25, 0.3) is 5.91 Å². The minimum Gasteiger partial charge on any atom is -0.480 e. The van der Waals surface area contributed by atoms with E-state index in [0.717, 1.165) is 27.1 Å². The smallest absolute Gasteiger partial charge is 0.326 e. The molecule has 0 saturated heterocycles. The minimum atomic E-state index is -1.11. The molecule has 160 valence electrons. The van der Waals surface area contributed by atoms with Crippen LogP contribution in [-0.4, -0.2) is 28.9 Å². The van der Waals surface area contributed by atoms with Gasteiger partial charge in [-0.3, -0.25) is 9.59 Å². The topological polar surface area (TPSA) is 95.5 Å². The minimum absolute atomic E-state index is 0.146. The molecule has 0 aliphatic rings. The molecule has 4 rings (SSSR count). The highest BCUT2D eigenvalue weighted by Crippen LogP contribution is 2.29. The van der Waals surface area contributed by atoms with E-state index in [1.165, 1.54) is 6.92 Å². The third-order valence-corrected chi connectivity index (χ3v) is 5.36. The molecule has 0 bridgehead atoms. The van der Waals surface area contributed by atoms with Gasteiger partial charge in [-0.15, -0.1) is 0 Å². The van der Waals surface area contributed by atoms with Gasteiger partial charge in [0, 0.05) is 24.6 Å². The van der Waals surface area contributed by atoms with Crippen molar-refractivity contribution < 1.29 is 19.5 Å². The Labute approximate surface area is 184 Å². The number of hydrogen-bond donors (Lipinski definition) is 3. The quantitative estimate of drug-likeness (QED) is 0.399. The van der Waals surface area contributed by atoms with Crippen LogP contribution in [0.4, 0.5) is 5.69 Å². The van der Waals surface area contributed by atoms with E-state index in [9.17, 15) is 19.5 Å². The molecule has 0 radical (unpaired) electrons. The molecule has 1 atom stereocenters. The second kappa shape index (κ2) is 8.89. The number of carbonyl (C=O) groups excluding carboxylic acids is 2. The van der Waals surface area contributed by atoms with Gasteiger partial charge in [-0.2, -0.15) is 0 Å². The number of amides is 2. The van der Waals surface area contributed by atoms with Gasteiger partial charge < -0.3 is 15.7 Å². The third-order valence-electron chi connectivity index (χ3n) is 5.36. The average molecular weight is 426 g/mol. The van der Waals surface area contributed by atoms with Crippen molar-refractivity contribution in [2.24, 2.45) is 0 Å². The Morgan fingerprint density at radius 1 is 0.844 bits per heavy atom. The van der Waals surface area contributed by atoms with Crippen LogP contribution < -0.4 is 10.6 Å². The van der Waals surface area contributed by atoms with E-state index in [2.05, 4.69) is 16.7 Å². The van der Waals surface area contributed by atoms with Gasteiger partial charge in [-0.1, -0.05) is 48.5 Å². The molecule has 2 amide bonds. The first-order valence-corrected chi connectivity index (χ1v) is 10.2. The highest BCUT2D eigenvalue weighted by molar-refractivity contribution is 6.03. The number of rotatable bonds is 6. The molecule has 4 aromatic rings. The molecule has 4 aromatic carbocycles. The highest BCUT2D eigenvalue weighted by Gasteiger charge is 2.23. The number of carboxylic acid groups (broad SMARTS) is 1. The maximum absolute atomic E-state index is 12.7. The van der Waals surface area contributed by atoms with E-state index in [0.29, 0.717) is 11.3 Å². The lowest BCUT2D eigenvalue weighted by Crippen LogP contribution is -2.42. The molecule has 6 heteroatoms. The fourth-order valence-electron chi connectivity index (χ4n) is 3.88. The monoisotopic (exact) mass is 426 g/mol. The van der Waals surface area contributed by atoms with Crippen molar-refractivity contribution in [2.75, 3.05) is 5.32 Å². The van der Waals surface area contributed by atoms with Crippen LogP contribution in [0.2, 0.25) is 0 Å². The Kier molecular flexibility index (Phi) is 5.85. The first-order chi connectivity index (χ1) is 15.4. The molecule has 0 unspecified atom stereocenters. The fraction of sp³-hybridized carbons (Fsp3) is 0.115. The van der Waals surface area contributed by atoms with Crippen LogP contribution in [0.3, 0.4) is 0 Å². The molecule has 0 saturated carbocycles. The van der Waals surface area contributed by atoms with Gasteiger partial charge >= 0.3 is 5.97 Å². The predicted molar refractivity (Wildman–Crippen MR) is 125 cm³/mol. The molecule has 0 aromatic heterocycles. The first kappa shape index (κ1) is 21.1. The van der Waals surface area contributed by atoms with Crippen LogP contribution in [0.5, 0.6) is 0 Å². The summed E-state index contributed by atoms with van der Waals surface area (Å²) in [7, 11) is 0. The van der Waals surface area contributed by atoms with Gasteiger partial charge in [0.05, 0.1) is 0 Å². The Morgan fingerprint density at radius 3 is 1.94 bits per heavy atom. The normalized spacial score (nSPS) is 11.8. The van der Waals surface area contributed by atoms with Crippen LogP contribution in [0.15, 0.2) is 78.9 Å². The average Bonchev–Trinajstić information content (AvgIpc) is 2.78. The van der Waals surface area contributed by atoms with Crippen molar-refractivity contribution in [3.8, 4) is 0 Å². The van der Waals surface area contributed by atoms with Gasteiger partial charge in [-0.05, 0) is 57.4 Å². The summed E-state index contributed by atoms with van der Waals surface area (Å²) < 4.78 is 0. The van der Waals surface area contributed by atoms with Crippen molar-refractivity contribution in [3.63, 3.8) is 0 Å². The van der Waals surface area contributed by atoms with Gasteiger partial charge in [0.2, 0.25) is 5.91 Å². The maximum Gasteiger partial charge on any atom is 0.326 e. The summed E-state index contributed by atoms with van der Waals surface area (Å²) in [5.74, 6) is -1.81. The molecule has 0 spiro atoms. The molecular weight excluding hydrogens is 404 g/mol. The number of anilines is 1.